The van der Waals surface area contributed by atoms with Crippen molar-refractivity contribution >= 4 is 35.4 Å². The average Bonchev–Trinajstić information content (AvgIpc) is 2.98. The van der Waals surface area contributed by atoms with Gasteiger partial charge in [0.1, 0.15) is 6.04 Å². The number of fused-ring (bicyclic) bond motifs is 1. The van der Waals surface area contributed by atoms with E-state index in [0.717, 1.165) is 22.4 Å². The molecule has 0 bridgehead atoms. The molecular formula is C28H29N5O4. The summed E-state index contributed by atoms with van der Waals surface area (Å²) in [5.74, 6) is 3.62. The lowest BCUT2D eigenvalue weighted by Crippen LogP contribution is -2.46. The number of carbonyl (C=O) groups excluding carboxylic acids is 2. The Bertz CT molecular complexity index is 1310. The molecule has 4 N–H and O–H groups in total. The van der Waals surface area contributed by atoms with E-state index >= 15 is 0 Å². The van der Waals surface area contributed by atoms with Gasteiger partial charge >= 0.3 is 5.97 Å². The second-order valence-electron chi connectivity index (χ2n) is 8.92. The number of nitrogens with one attached hydrogen (secondary N) is 1. The van der Waals surface area contributed by atoms with Crippen LogP contribution in [0.4, 0.5) is 11.4 Å². The first-order valence-electron chi connectivity index (χ1n) is 11.9. The number of hydrazone groups is 1. The number of hydrogen-bond acceptors (Lipinski definition) is 6. The second kappa shape index (κ2) is 11.4. The quantitative estimate of drug-likeness (QED) is 0.248. The second-order valence-corrected chi connectivity index (χ2v) is 8.92. The Morgan fingerprint density at radius 2 is 1.84 bits per heavy atom. The third kappa shape index (κ3) is 6.13. The van der Waals surface area contributed by atoms with Crippen LogP contribution in [0.15, 0.2) is 77.9 Å². The van der Waals surface area contributed by atoms with Crippen molar-refractivity contribution in [3.05, 3.63) is 95.1 Å². The summed E-state index contributed by atoms with van der Waals surface area (Å²) in [6.45, 7) is 0.750. The van der Waals surface area contributed by atoms with Gasteiger partial charge in [0, 0.05) is 37.1 Å². The summed E-state index contributed by atoms with van der Waals surface area (Å²) in [4.78, 5) is 41.3. The summed E-state index contributed by atoms with van der Waals surface area (Å²) >= 11 is 0. The van der Waals surface area contributed by atoms with E-state index < -0.39 is 12.0 Å². The highest BCUT2D eigenvalue weighted by Crippen LogP contribution is 2.31. The van der Waals surface area contributed by atoms with Crippen molar-refractivity contribution in [3.63, 3.8) is 0 Å². The Kier molecular flexibility index (Phi) is 7.83. The molecule has 0 fully saturated rings. The third-order valence-corrected chi connectivity index (χ3v) is 6.42. The number of nitrogens with two attached hydrogens (primary N) is 1. The van der Waals surface area contributed by atoms with Crippen LogP contribution in [0.25, 0.3) is 0 Å². The molecule has 2 amide bonds. The molecule has 1 heterocycles. The Labute approximate surface area is 215 Å². The molecule has 0 spiro atoms. The van der Waals surface area contributed by atoms with Crippen LogP contribution in [0.5, 0.6) is 0 Å². The van der Waals surface area contributed by atoms with E-state index in [-0.39, 0.29) is 18.2 Å². The van der Waals surface area contributed by atoms with Gasteiger partial charge in [0.2, 0.25) is 5.91 Å². The first-order valence-corrected chi connectivity index (χ1v) is 11.9. The van der Waals surface area contributed by atoms with Gasteiger partial charge in [0.25, 0.3) is 5.91 Å². The van der Waals surface area contributed by atoms with E-state index in [1.54, 1.807) is 47.2 Å². The fourth-order valence-electron chi connectivity index (χ4n) is 4.46. The van der Waals surface area contributed by atoms with Crippen molar-refractivity contribution in [1.82, 2.24) is 4.90 Å². The molecule has 1 aliphatic rings. The number of rotatable bonds is 8. The Hall–Kier alpha value is -4.66. The summed E-state index contributed by atoms with van der Waals surface area (Å²) in [5, 5.41) is 15.9. The van der Waals surface area contributed by atoms with E-state index in [1.165, 1.54) is 6.21 Å². The predicted molar refractivity (Wildman–Crippen MR) is 143 cm³/mol. The highest BCUT2D eigenvalue weighted by molar-refractivity contribution is 6.04. The zero-order valence-electron chi connectivity index (χ0n) is 20.5. The molecule has 9 heteroatoms. The fourth-order valence-corrected chi connectivity index (χ4v) is 4.46. The number of likely N-dealkylation sites (N-methyl/N-ethyl adjacent to an activating group) is 1. The van der Waals surface area contributed by atoms with Gasteiger partial charge in [-0.25, -0.2) is 0 Å². The maximum Gasteiger partial charge on any atom is 0.305 e. The molecular weight excluding hydrogens is 470 g/mol. The van der Waals surface area contributed by atoms with Crippen LogP contribution in [-0.2, 0) is 22.6 Å². The normalized spacial score (nSPS) is 15.4. The number of hydrogen-bond donors (Lipinski definition) is 3. The minimum absolute atomic E-state index is 0.233. The minimum Gasteiger partial charge on any atom is -0.481 e. The van der Waals surface area contributed by atoms with Crippen molar-refractivity contribution in [2.45, 2.75) is 25.4 Å². The lowest BCUT2D eigenvalue weighted by Gasteiger charge is -2.29. The van der Waals surface area contributed by atoms with Crippen LogP contribution >= 0.6 is 0 Å². The zero-order chi connectivity index (χ0) is 26.4. The molecule has 4 rings (SSSR count). The van der Waals surface area contributed by atoms with Crippen molar-refractivity contribution in [1.29, 1.82) is 0 Å². The SMILES string of the molecule is CN1c2ccc(NC(=O)c3ccc(C=NN)cc3)cc2CN(CCc2ccccc2)C(=O)C1CC(=O)O. The Morgan fingerprint density at radius 3 is 2.51 bits per heavy atom. The number of carboxylic acids is 1. The molecule has 3 aromatic rings. The minimum atomic E-state index is -1.04. The maximum atomic E-state index is 13.4. The first-order chi connectivity index (χ1) is 17.9. The summed E-state index contributed by atoms with van der Waals surface area (Å²) in [7, 11) is 1.73. The molecule has 0 aromatic heterocycles. The van der Waals surface area contributed by atoms with E-state index in [9.17, 15) is 19.5 Å². The summed E-state index contributed by atoms with van der Waals surface area (Å²) in [5.41, 5.74) is 4.50. The molecule has 3 aromatic carbocycles. The molecule has 1 aliphatic heterocycles. The molecule has 37 heavy (non-hydrogen) atoms. The molecule has 1 atom stereocenters. The van der Waals surface area contributed by atoms with Crippen molar-refractivity contribution in [2.24, 2.45) is 10.9 Å². The highest BCUT2D eigenvalue weighted by atomic mass is 16.4. The summed E-state index contributed by atoms with van der Waals surface area (Å²) in [6.07, 6.45) is 1.83. The number of amides is 2. The van der Waals surface area contributed by atoms with E-state index in [0.29, 0.717) is 30.8 Å². The largest absolute Gasteiger partial charge is 0.481 e. The number of benzene rings is 3. The standard InChI is InChI=1S/C28H29N5O4/c1-32-24-12-11-23(31-27(36)21-9-7-20(8-10-21)17-30-29)15-22(24)18-33(28(37)25(32)16-26(34)35)14-13-19-5-3-2-4-6-19/h2-12,15,17,25H,13-14,16,18,29H2,1H3,(H,31,36)(H,34,35). The highest BCUT2D eigenvalue weighted by Gasteiger charge is 2.34. The lowest BCUT2D eigenvalue weighted by atomic mass is 10.1. The maximum absolute atomic E-state index is 13.4. The smallest absolute Gasteiger partial charge is 0.305 e. The molecule has 0 radical (unpaired) electrons. The van der Waals surface area contributed by atoms with Gasteiger partial charge in [-0.15, -0.1) is 0 Å². The average molecular weight is 500 g/mol. The van der Waals surface area contributed by atoms with Gasteiger partial charge in [-0.05, 0) is 53.4 Å². The number of carbonyl (C=O) groups is 3. The van der Waals surface area contributed by atoms with Crippen LogP contribution in [0, 0.1) is 0 Å². The van der Waals surface area contributed by atoms with Crippen molar-refractivity contribution in [3.8, 4) is 0 Å². The van der Waals surface area contributed by atoms with Crippen molar-refractivity contribution in [2.75, 3.05) is 23.8 Å². The first kappa shape index (κ1) is 25.4. The van der Waals surface area contributed by atoms with Gasteiger partial charge in [0.05, 0.1) is 12.6 Å². The number of carboxylic acid groups (broad SMARTS) is 1. The predicted octanol–water partition coefficient (Wildman–Crippen LogP) is 3.10. The van der Waals surface area contributed by atoms with Gasteiger partial charge in [0.15, 0.2) is 0 Å². The van der Waals surface area contributed by atoms with Crippen LogP contribution < -0.4 is 16.1 Å². The Balaban J connectivity index is 1.58. The number of aliphatic carboxylic acids is 1. The number of nitrogens with zero attached hydrogens (tertiary/aromatic N) is 3. The molecule has 9 nitrogen and oxygen atoms in total. The molecule has 0 saturated carbocycles. The van der Waals surface area contributed by atoms with E-state index in [1.807, 2.05) is 42.5 Å². The zero-order valence-corrected chi connectivity index (χ0v) is 20.5. The van der Waals surface area contributed by atoms with Crippen LogP contribution in [0.1, 0.15) is 33.5 Å². The number of anilines is 2. The molecule has 0 saturated heterocycles. The lowest BCUT2D eigenvalue weighted by molar-refractivity contribution is -0.142. The topological polar surface area (TPSA) is 128 Å². The summed E-state index contributed by atoms with van der Waals surface area (Å²) < 4.78 is 0. The van der Waals surface area contributed by atoms with Gasteiger partial charge in [-0.2, -0.15) is 5.10 Å². The Morgan fingerprint density at radius 1 is 1.11 bits per heavy atom. The third-order valence-electron chi connectivity index (χ3n) is 6.42. The fraction of sp³-hybridized carbons (Fsp3) is 0.214. The van der Waals surface area contributed by atoms with Gasteiger partial charge in [-0.3, -0.25) is 14.4 Å². The summed E-state index contributed by atoms with van der Waals surface area (Å²) in [6, 6.07) is 21.3. The monoisotopic (exact) mass is 499 g/mol. The van der Waals surface area contributed by atoms with E-state index in [2.05, 4.69) is 10.4 Å². The molecule has 0 aliphatic carbocycles. The van der Waals surface area contributed by atoms with Gasteiger partial charge < -0.3 is 26.1 Å². The van der Waals surface area contributed by atoms with Crippen LogP contribution in [0.3, 0.4) is 0 Å². The van der Waals surface area contributed by atoms with Crippen LogP contribution in [0.2, 0.25) is 0 Å². The molecule has 190 valence electrons. The van der Waals surface area contributed by atoms with Crippen LogP contribution in [-0.4, -0.2) is 53.6 Å². The van der Waals surface area contributed by atoms with Crippen molar-refractivity contribution < 1.29 is 19.5 Å². The molecule has 1 unspecified atom stereocenters. The van der Waals surface area contributed by atoms with E-state index in [4.69, 9.17) is 5.84 Å². The van der Waals surface area contributed by atoms with Gasteiger partial charge in [-0.1, -0.05) is 42.5 Å².